The Bertz CT molecular complexity index is 1240. The van der Waals surface area contributed by atoms with Crippen molar-refractivity contribution in [3.8, 4) is 23.7 Å². The van der Waals surface area contributed by atoms with Gasteiger partial charge >= 0.3 is 0 Å². The minimum atomic E-state index is -0.980. The predicted molar refractivity (Wildman–Crippen MR) is 114 cm³/mol. The molecule has 0 radical (unpaired) electrons. The van der Waals surface area contributed by atoms with E-state index in [1.54, 1.807) is 13.0 Å². The van der Waals surface area contributed by atoms with Crippen LogP contribution in [-0.2, 0) is 12.8 Å². The van der Waals surface area contributed by atoms with Crippen LogP contribution in [0.5, 0.6) is 0 Å². The quantitative estimate of drug-likeness (QED) is 0.315. The van der Waals surface area contributed by atoms with Crippen molar-refractivity contribution in [1.29, 1.82) is 0 Å². The second-order valence-electron chi connectivity index (χ2n) is 7.15. The zero-order chi connectivity index (χ0) is 23.3. The highest BCUT2D eigenvalue weighted by atomic mass is 19.1. The Hall–Kier alpha value is -3.57. The van der Waals surface area contributed by atoms with Crippen LogP contribution in [0, 0.1) is 52.8 Å². The van der Waals surface area contributed by atoms with Gasteiger partial charge in [-0.3, -0.25) is 0 Å². The molecule has 0 saturated heterocycles. The van der Waals surface area contributed by atoms with Crippen LogP contribution in [0.25, 0.3) is 0 Å². The zero-order valence-electron chi connectivity index (χ0n) is 17.6. The highest BCUT2D eigenvalue weighted by Crippen LogP contribution is 2.18. The molecule has 5 heteroatoms. The molecule has 0 aliphatic carbocycles. The molecule has 0 atom stereocenters. The molecule has 0 unspecified atom stereocenters. The lowest BCUT2D eigenvalue weighted by atomic mass is 10.1. The smallest absolute Gasteiger partial charge is 0.143 e. The Labute approximate surface area is 184 Å². The standard InChI is InChI=1S/C27H19F5/c1-3-5-17-6-9-20(23(28)12-17)10-7-18-15-26(31)22(27(32)16-18)11-8-19-13-24(29)21(4-2)25(30)14-19/h6,9,12-16H,3-5H2,1-2H3. The molecule has 0 aliphatic rings. The summed E-state index contributed by atoms with van der Waals surface area (Å²) in [7, 11) is 0. The molecule has 0 fully saturated rings. The second-order valence-corrected chi connectivity index (χ2v) is 7.15. The van der Waals surface area contributed by atoms with E-state index in [0.717, 1.165) is 42.7 Å². The topological polar surface area (TPSA) is 0 Å². The van der Waals surface area contributed by atoms with Crippen LogP contribution in [0.3, 0.4) is 0 Å². The first-order valence-electron chi connectivity index (χ1n) is 10.1. The summed E-state index contributed by atoms with van der Waals surface area (Å²) in [5.41, 5.74) is 0.306. The summed E-state index contributed by atoms with van der Waals surface area (Å²) in [4.78, 5) is 0. The van der Waals surface area contributed by atoms with Gasteiger partial charge in [0.2, 0.25) is 0 Å². The molecule has 0 aromatic heterocycles. The number of rotatable bonds is 3. The molecular formula is C27H19F5. The number of halogens is 5. The van der Waals surface area contributed by atoms with Crippen molar-refractivity contribution in [3.05, 3.63) is 105 Å². The highest BCUT2D eigenvalue weighted by Gasteiger charge is 2.11. The molecule has 0 N–H and O–H groups in total. The minimum absolute atomic E-state index is 0.00646. The van der Waals surface area contributed by atoms with Crippen molar-refractivity contribution in [2.24, 2.45) is 0 Å². The van der Waals surface area contributed by atoms with Gasteiger partial charge < -0.3 is 0 Å². The molecule has 0 spiro atoms. The van der Waals surface area contributed by atoms with Crippen LogP contribution in [0.4, 0.5) is 22.0 Å². The molecule has 32 heavy (non-hydrogen) atoms. The Morgan fingerprint density at radius 3 is 1.72 bits per heavy atom. The fourth-order valence-corrected chi connectivity index (χ4v) is 3.16. The minimum Gasteiger partial charge on any atom is -0.207 e. The summed E-state index contributed by atoms with van der Waals surface area (Å²) < 4.78 is 70.7. The van der Waals surface area contributed by atoms with Crippen molar-refractivity contribution < 1.29 is 22.0 Å². The van der Waals surface area contributed by atoms with E-state index in [9.17, 15) is 22.0 Å². The summed E-state index contributed by atoms with van der Waals surface area (Å²) in [6, 6.07) is 8.68. The van der Waals surface area contributed by atoms with Crippen LogP contribution < -0.4 is 0 Å². The normalized spacial score (nSPS) is 10.2. The van der Waals surface area contributed by atoms with Crippen molar-refractivity contribution >= 4 is 0 Å². The van der Waals surface area contributed by atoms with E-state index in [1.165, 1.54) is 12.1 Å². The zero-order valence-corrected chi connectivity index (χ0v) is 17.6. The Kier molecular flexibility index (Phi) is 7.33. The summed E-state index contributed by atoms with van der Waals surface area (Å²) in [5, 5.41) is 0. The van der Waals surface area contributed by atoms with Crippen LogP contribution in [0.2, 0.25) is 0 Å². The second kappa shape index (κ2) is 10.2. The number of hydrogen-bond acceptors (Lipinski definition) is 0. The van der Waals surface area contributed by atoms with Crippen molar-refractivity contribution in [3.63, 3.8) is 0 Å². The summed E-state index contributed by atoms with van der Waals surface area (Å²) in [6.07, 6.45) is 1.79. The third kappa shape index (κ3) is 5.37. The van der Waals surface area contributed by atoms with Crippen molar-refractivity contribution in [2.45, 2.75) is 33.1 Å². The lowest BCUT2D eigenvalue weighted by Gasteiger charge is -2.02. The van der Waals surface area contributed by atoms with E-state index in [0.29, 0.717) is 0 Å². The van der Waals surface area contributed by atoms with Gasteiger partial charge in [-0.25, -0.2) is 22.0 Å². The Morgan fingerprint density at radius 2 is 1.19 bits per heavy atom. The number of aryl methyl sites for hydroxylation is 1. The number of hydrogen-bond donors (Lipinski definition) is 0. The molecular weight excluding hydrogens is 419 g/mol. The predicted octanol–water partition coefficient (Wildman–Crippen LogP) is 6.70. The van der Waals surface area contributed by atoms with Gasteiger partial charge in [-0.2, -0.15) is 0 Å². The van der Waals surface area contributed by atoms with Crippen LogP contribution in [0.1, 0.15) is 53.6 Å². The van der Waals surface area contributed by atoms with Gasteiger partial charge in [0.25, 0.3) is 0 Å². The maximum Gasteiger partial charge on any atom is 0.143 e. The average molecular weight is 438 g/mol. The summed E-state index contributed by atoms with van der Waals surface area (Å²) >= 11 is 0. The highest BCUT2D eigenvalue weighted by molar-refractivity contribution is 5.50. The van der Waals surface area contributed by atoms with Crippen LogP contribution >= 0.6 is 0 Å². The Morgan fingerprint density at radius 1 is 0.625 bits per heavy atom. The molecule has 3 aromatic rings. The van der Waals surface area contributed by atoms with E-state index in [-0.39, 0.29) is 28.7 Å². The molecule has 3 rings (SSSR count). The first-order chi connectivity index (χ1) is 15.3. The van der Waals surface area contributed by atoms with E-state index < -0.39 is 34.6 Å². The molecule has 3 aromatic carbocycles. The molecule has 0 nitrogen and oxygen atoms in total. The lowest BCUT2D eigenvalue weighted by molar-refractivity contribution is 0.558. The molecule has 0 heterocycles. The third-order valence-corrected chi connectivity index (χ3v) is 4.78. The fraction of sp³-hybridized carbons (Fsp3) is 0.185. The van der Waals surface area contributed by atoms with Gasteiger partial charge in [0.15, 0.2) is 0 Å². The van der Waals surface area contributed by atoms with E-state index >= 15 is 0 Å². The first kappa shape index (κ1) is 23.1. The molecule has 0 aliphatic heterocycles. The van der Waals surface area contributed by atoms with E-state index in [2.05, 4.69) is 23.7 Å². The lowest BCUT2D eigenvalue weighted by Crippen LogP contribution is -1.96. The first-order valence-corrected chi connectivity index (χ1v) is 10.1. The summed E-state index contributed by atoms with van der Waals surface area (Å²) in [5.74, 6) is 5.79. The van der Waals surface area contributed by atoms with Crippen LogP contribution in [-0.4, -0.2) is 0 Å². The monoisotopic (exact) mass is 438 g/mol. The maximum absolute atomic E-state index is 14.4. The average Bonchev–Trinajstić information content (AvgIpc) is 2.72. The fourth-order valence-electron chi connectivity index (χ4n) is 3.16. The number of benzene rings is 3. The van der Waals surface area contributed by atoms with Crippen molar-refractivity contribution in [2.75, 3.05) is 0 Å². The summed E-state index contributed by atoms with van der Waals surface area (Å²) in [6.45, 7) is 3.60. The molecule has 162 valence electrons. The van der Waals surface area contributed by atoms with E-state index in [1.807, 2.05) is 6.92 Å². The third-order valence-electron chi connectivity index (χ3n) is 4.78. The molecule has 0 saturated carbocycles. The van der Waals surface area contributed by atoms with E-state index in [4.69, 9.17) is 0 Å². The van der Waals surface area contributed by atoms with Gasteiger partial charge in [0.05, 0.1) is 11.1 Å². The molecule has 0 bridgehead atoms. The van der Waals surface area contributed by atoms with Gasteiger partial charge in [-0.05, 0) is 54.8 Å². The van der Waals surface area contributed by atoms with Crippen molar-refractivity contribution in [1.82, 2.24) is 0 Å². The largest absolute Gasteiger partial charge is 0.207 e. The van der Waals surface area contributed by atoms with Crippen LogP contribution in [0.15, 0.2) is 42.5 Å². The maximum atomic E-state index is 14.4. The molecule has 0 amide bonds. The Balaban J connectivity index is 1.88. The van der Waals surface area contributed by atoms with Gasteiger partial charge in [0, 0.05) is 16.7 Å². The van der Waals surface area contributed by atoms with Gasteiger partial charge in [-0.1, -0.05) is 50.0 Å². The SMILES string of the molecule is CCCc1ccc(C#Cc2cc(F)c(C#Cc3cc(F)c(CC)c(F)c3)c(F)c2)c(F)c1. The van der Waals surface area contributed by atoms with Gasteiger partial charge in [-0.15, -0.1) is 0 Å². The van der Waals surface area contributed by atoms with Gasteiger partial charge in [0.1, 0.15) is 29.1 Å².